The van der Waals surface area contributed by atoms with Crippen LogP contribution in [0.2, 0.25) is 0 Å². The van der Waals surface area contributed by atoms with Crippen molar-refractivity contribution in [1.82, 2.24) is 0 Å². The van der Waals surface area contributed by atoms with E-state index in [4.69, 9.17) is 15.9 Å². The topological polar surface area (TPSA) is 83.5 Å². The molecule has 4 heteroatoms. The van der Waals surface area contributed by atoms with Crippen LogP contribution in [0.25, 0.3) is 0 Å². The molecule has 0 spiro atoms. The summed E-state index contributed by atoms with van der Waals surface area (Å²) < 4.78 is 0. The molecule has 0 radical (unpaired) electrons. The number of aliphatic carboxylic acids is 1. The van der Waals surface area contributed by atoms with Crippen LogP contribution in [-0.2, 0) is 4.79 Å². The molecule has 0 aromatic carbocycles. The number of rotatable bonds is 4. The highest BCUT2D eigenvalue weighted by molar-refractivity contribution is 5.75. The summed E-state index contributed by atoms with van der Waals surface area (Å²) in [4.78, 5) is 10.5. The van der Waals surface area contributed by atoms with Gasteiger partial charge in [0.25, 0.3) is 0 Å². The quantitative estimate of drug-likeness (QED) is 0.496. The molecule has 1 atom stereocenters. The summed E-state index contributed by atoms with van der Waals surface area (Å²) in [6, 6.07) is 0. The highest BCUT2D eigenvalue weighted by Gasteiger charge is 2.34. The van der Waals surface area contributed by atoms with E-state index in [9.17, 15) is 4.79 Å². The molecule has 0 aliphatic heterocycles. The van der Waals surface area contributed by atoms with Crippen LogP contribution in [-0.4, -0.2) is 29.3 Å². The minimum absolute atomic E-state index is 0.0185. The normalized spacial score (nSPS) is 16.3. The summed E-state index contributed by atoms with van der Waals surface area (Å²) in [6.45, 7) is 1.28. The van der Waals surface area contributed by atoms with E-state index < -0.39 is 18.0 Å². The SMILES string of the molecule is CCC(CN)(CO)C(=O)O. The summed E-state index contributed by atoms with van der Waals surface area (Å²) in [7, 11) is 0. The van der Waals surface area contributed by atoms with Crippen molar-refractivity contribution in [2.75, 3.05) is 13.2 Å². The van der Waals surface area contributed by atoms with Gasteiger partial charge in [0.05, 0.1) is 6.61 Å². The number of carbonyl (C=O) groups is 1. The molecule has 0 rings (SSSR count). The lowest BCUT2D eigenvalue weighted by Gasteiger charge is -2.22. The number of aliphatic hydroxyl groups is 1. The Balaban J connectivity index is 4.31. The van der Waals surface area contributed by atoms with Gasteiger partial charge in [0.15, 0.2) is 0 Å². The predicted octanol–water partition coefficient (Wildman–Crippen LogP) is -0.582. The van der Waals surface area contributed by atoms with Crippen LogP contribution in [0.3, 0.4) is 0 Å². The largest absolute Gasteiger partial charge is 0.481 e. The summed E-state index contributed by atoms with van der Waals surface area (Å²) in [6.07, 6.45) is 0.356. The van der Waals surface area contributed by atoms with Crippen molar-refractivity contribution >= 4 is 5.97 Å². The summed E-state index contributed by atoms with van der Waals surface area (Å²) in [5.41, 5.74) is 4.06. The average Bonchev–Trinajstić information content (AvgIpc) is 1.92. The van der Waals surface area contributed by atoms with Crippen LogP contribution in [0.4, 0.5) is 0 Å². The van der Waals surface area contributed by atoms with Crippen molar-refractivity contribution in [3.05, 3.63) is 0 Å². The van der Waals surface area contributed by atoms with E-state index in [0.717, 1.165) is 0 Å². The highest BCUT2D eigenvalue weighted by atomic mass is 16.4. The van der Waals surface area contributed by atoms with Gasteiger partial charge in [-0.05, 0) is 6.42 Å². The van der Waals surface area contributed by atoms with Gasteiger partial charge in [0.1, 0.15) is 5.41 Å². The maximum Gasteiger partial charge on any atom is 0.313 e. The molecule has 0 aliphatic rings. The van der Waals surface area contributed by atoms with Gasteiger partial charge in [0.2, 0.25) is 0 Å². The highest BCUT2D eigenvalue weighted by Crippen LogP contribution is 2.18. The third-order valence-corrected chi connectivity index (χ3v) is 1.82. The second-order valence-electron chi connectivity index (χ2n) is 2.30. The van der Waals surface area contributed by atoms with Gasteiger partial charge in [-0.15, -0.1) is 0 Å². The maximum atomic E-state index is 10.5. The van der Waals surface area contributed by atoms with Gasteiger partial charge in [0, 0.05) is 6.54 Å². The third-order valence-electron chi connectivity index (χ3n) is 1.82. The fourth-order valence-corrected chi connectivity index (χ4v) is 0.627. The predicted molar refractivity (Wildman–Crippen MR) is 36.5 cm³/mol. The molecule has 1 unspecified atom stereocenters. The molecule has 0 aromatic heterocycles. The fraction of sp³-hybridized carbons (Fsp3) is 0.833. The first kappa shape index (κ1) is 9.39. The van der Waals surface area contributed by atoms with Crippen molar-refractivity contribution in [3.63, 3.8) is 0 Å². The van der Waals surface area contributed by atoms with Crippen LogP contribution in [0, 0.1) is 5.41 Å². The molecule has 4 N–H and O–H groups in total. The molecule has 0 saturated heterocycles. The average molecular weight is 147 g/mol. The summed E-state index contributed by atoms with van der Waals surface area (Å²) in [5.74, 6) is -1.03. The fourth-order valence-electron chi connectivity index (χ4n) is 0.627. The first-order valence-electron chi connectivity index (χ1n) is 3.17. The zero-order valence-electron chi connectivity index (χ0n) is 6.00. The Morgan fingerprint density at radius 1 is 1.70 bits per heavy atom. The molecule has 0 fully saturated rings. The van der Waals surface area contributed by atoms with E-state index in [1.165, 1.54) is 0 Å². The van der Waals surface area contributed by atoms with E-state index in [1.54, 1.807) is 6.92 Å². The van der Waals surface area contributed by atoms with Crippen molar-refractivity contribution < 1.29 is 15.0 Å². The van der Waals surface area contributed by atoms with Crippen molar-refractivity contribution in [2.45, 2.75) is 13.3 Å². The molecular weight excluding hydrogens is 134 g/mol. The molecule has 0 aromatic rings. The number of carboxylic acids is 1. The van der Waals surface area contributed by atoms with Gasteiger partial charge in [-0.3, -0.25) is 4.79 Å². The second kappa shape index (κ2) is 3.53. The van der Waals surface area contributed by atoms with Gasteiger partial charge < -0.3 is 15.9 Å². The smallest absolute Gasteiger partial charge is 0.313 e. The lowest BCUT2D eigenvalue weighted by atomic mass is 9.86. The van der Waals surface area contributed by atoms with Gasteiger partial charge in [-0.1, -0.05) is 6.92 Å². The van der Waals surface area contributed by atoms with Crippen molar-refractivity contribution in [2.24, 2.45) is 11.1 Å². The Kier molecular flexibility index (Phi) is 3.32. The molecule has 0 bridgehead atoms. The van der Waals surface area contributed by atoms with E-state index in [2.05, 4.69) is 0 Å². The van der Waals surface area contributed by atoms with E-state index in [1.807, 2.05) is 0 Å². The van der Waals surface area contributed by atoms with Crippen molar-refractivity contribution in [3.8, 4) is 0 Å². The van der Waals surface area contributed by atoms with Crippen LogP contribution < -0.4 is 5.73 Å². The number of carboxylic acid groups (broad SMARTS) is 1. The van der Waals surface area contributed by atoms with Gasteiger partial charge in [-0.25, -0.2) is 0 Å². The number of aliphatic hydroxyl groups excluding tert-OH is 1. The maximum absolute atomic E-state index is 10.5. The van der Waals surface area contributed by atoms with E-state index in [0.29, 0.717) is 6.42 Å². The van der Waals surface area contributed by atoms with E-state index >= 15 is 0 Å². The van der Waals surface area contributed by atoms with Crippen LogP contribution in [0.15, 0.2) is 0 Å². The zero-order valence-corrected chi connectivity index (χ0v) is 6.00. The van der Waals surface area contributed by atoms with Crippen molar-refractivity contribution in [1.29, 1.82) is 0 Å². The Morgan fingerprint density at radius 2 is 2.20 bits per heavy atom. The molecule has 4 nitrogen and oxygen atoms in total. The minimum atomic E-state index is -1.12. The minimum Gasteiger partial charge on any atom is -0.481 e. The molecule has 0 saturated carbocycles. The lowest BCUT2D eigenvalue weighted by molar-refractivity contribution is -0.151. The molecule has 0 heterocycles. The molecular formula is C6H13NO3. The number of nitrogens with two attached hydrogens (primary N) is 1. The monoisotopic (exact) mass is 147 g/mol. The molecule has 0 amide bonds. The standard InChI is InChI=1S/C6H13NO3/c1-2-6(3-7,4-8)5(9)10/h8H,2-4,7H2,1H3,(H,9,10). The number of hydrogen-bond acceptors (Lipinski definition) is 3. The van der Waals surface area contributed by atoms with Gasteiger partial charge >= 0.3 is 5.97 Å². The molecule has 60 valence electrons. The van der Waals surface area contributed by atoms with E-state index in [-0.39, 0.29) is 6.54 Å². The summed E-state index contributed by atoms with van der Waals surface area (Å²) >= 11 is 0. The Morgan fingerprint density at radius 3 is 2.20 bits per heavy atom. The van der Waals surface area contributed by atoms with Crippen LogP contribution in [0.1, 0.15) is 13.3 Å². The Hall–Kier alpha value is -0.610. The molecule has 10 heavy (non-hydrogen) atoms. The first-order chi connectivity index (χ1) is 4.63. The first-order valence-corrected chi connectivity index (χ1v) is 3.17. The van der Waals surface area contributed by atoms with Crippen LogP contribution >= 0.6 is 0 Å². The second-order valence-corrected chi connectivity index (χ2v) is 2.30. The van der Waals surface area contributed by atoms with Crippen LogP contribution in [0.5, 0.6) is 0 Å². The number of hydrogen-bond donors (Lipinski definition) is 3. The van der Waals surface area contributed by atoms with Gasteiger partial charge in [-0.2, -0.15) is 0 Å². The lowest BCUT2D eigenvalue weighted by Crippen LogP contribution is -2.41. The summed E-state index contributed by atoms with van der Waals surface area (Å²) in [5, 5.41) is 17.3. The Bertz CT molecular complexity index is 112. The third kappa shape index (κ3) is 1.46. The molecule has 0 aliphatic carbocycles. The zero-order chi connectivity index (χ0) is 8.20. The Labute approximate surface area is 59.7 Å².